The SMILES string of the molecule is CCCCN1CCN(S(=O)(=O)c2cc(C)ccc2OC)CC1. The molecular formula is C16H26N2O3S. The number of benzene rings is 1. The third-order valence-corrected chi connectivity index (χ3v) is 6.02. The van der Waals surface area contributed by atoms with Crippen molar-refractivity contribution in [3.05, 3.63) is 23.8 Å². The van der Waals surface area contributed by atoms with E-state index in [2.05, 4.69) is 11.8 Å². The smallest absolute Gasteiger partial charge is 0.246 e. The Morgan fingerprint density at radius 3 is 2.45 bits per heavy atom. The van der Waals surface area contributed by atoms with Gasteiger partial charge in [0.25, 0.3) is 0 Å². The lowest BCUT2D eigenvalue weighted by Crippen LogP contribution is -2.48. The van der Waals surface area contributed by atoms with Gasteiger partial charge in [-0.2, -0.15) is 4.31 Å². The van der Waals surface area contributed by atoms with Gasteiger partial charge in [-0.15, -0.1) is 0 Å². The molecule has 0 N–H and O–H groups in total. The lowest BCUT2D eigenvalue weighted by Gasteiger charge is -2.34. The standard InChI is InChI=1S/C16H26N2O3S/c1-4-5-8-17-9-11-18(12-10-17)22(19,20)16-13-14(2)6-7-15(16)21-3/h6-7,13H,4-5,8-12H2,1-3H3. The molecule has 6 heteroatoms. The number of rotatable bonds is 6. The molecule has 1 aromatic carbocycles. The first kappa shape index (κ1) is 17.2. The van der Waals surface area contributed by atoms with Crippen LogP contribution in [0.5, 0.6) is 5.75 Å². The van der Waals surface area contributed by atoms with Gasteiger partial charge in [0.1, 0.15) is 10.6 Å². The fourth-order valence-corrected chi connectivity index (χ4v) is 4.36. The summed E-state index contributed by atoms with van der Waals surface area (Å²) in [5.41, 5.74) is 0.918. The summed E-state index contributed by atoms with van der Waals surface area (Å²) in [6.45, 7) is 7.80. The van der Waals surface area contributed by atoms with Crippen LogP contribution in [-0.4, -0.2) is 57.5 Å². The molecule has 2 rings (SSSR count). The second-order valence-corrected chi connectivity index (χ2v) is 7.66. The van der Waals surface area contributed by atoms with Gasteiger partial charge in [-0.05, 0) is 37.6 Å². The van der Waals surface area contributed by atoms with E-state index in [1.807, 2.05) is 13.0 Å². The maximum Gasteiger partial charge on any atom is 0.246 e. The molecule has 0 spiro atoms. The Morgan fingerprint density at radius 2 is 1.86 bits per heavy atom. The second kappa shape index (κ2) is 7.44. The van der Waals surface area contributed by atoms with Crippen molar-refractivity contribution in [2.45, 2.75) is 31.6 Å². The maximum absolute atomic E-state index is 12.9. The summed E-state index contributed by atoms with van der Waals surface area (Å²) >= 11 is 0. The average molecular weight is 326 g/mol. The van der Waals surface area contributed by atoms with E-state index in [4.69, 9.17) is 4.74 Å². The summed E-state index contributed by atoms with van der Waals surface area (Å²) in [5.74, 6) is 0.416. The number of piperazine rings is 1. The summed E-state index contributed by atoms with van der Waals surface area (Å²) in [6.07, 6.45) is 2.33. The zero-order chi connectivity index (χ0) is 16.2. The molecule has 124 valence electrons. The van der Waals surface area contributed by atoms with Crippen LogP contribution >= 0.6 is 0 Å². The number of hydrogen-bond donors (Lipinski definition) is 0. The summed E-state index contributed by atoms with van der Waals surface area (Å²) in [5, 5.41) is 0. The number of nitrogens with zero attached hydrogens (tertiary/aromatic N) is 2. The van der Waals surface area contributed by atoms with Gasteiger partial charge in [0, 0.05) is 26.2 Å². The van der Waals surface area contributed by atoms with Crippen molar-refractivity contribution in [2.75, 3.05) is 39.8 Å². The zero-order valence-corrected chi connectivity index (χ0v) is 14.5. The third-order valence-electron chi connectivity index (χ3n) is 4.10. The van der Waals surface area contributed by atoms with Crippen molar-refractivity contribution in [1.29, 1.82) is 0 Å². The summed E-state index contributed by atoms with van der Waals surface area (Å²) < 4.78 is 32.5. The molecule has 0 aliphatic carbocycles. The first-order chi connectivity index (χ1) is 10.5. The number of unbranched alkanes of at least 4 members (excludes halogenated alkanes) is 1. The van der Waals surface area contributed by atoms with Crippen LogP contribution in [0, 0.1) is 6.92 Å². The molecule has 0 atom stereocenters. The third kappa shape index (κ3) is 3.80. The lowest BCUT2D eigenvalue weighted by molar-refractivity contribution is 0.186. The predicted molar refractivity (Wildman–Crippen MR) is 87.8 cm³/mol. The highest BCUT2D eigenvalue weighted by Gasteiger charge is 2.30. The summed E-state index contributed by atoms with van der Waals surface area (Å²) in [4.78, 5) is 2.61. The zero-order valence-electron chi connectivity index (χ0n) is 13.7. The highest BCUT2D eigenvalue weighted by Crippen LogP contribution is 2.28. The molecular weight excluding hydrogens is 300 g/mol. The molecule has 1 aliphatic rings. The number of sulfonamides is 1. The fourth-order valence-electron chi connectivity index (χ4n) is 2.70. The number of ether oxygens (including phenoxy) is 1. The van der Waals surface area contributed by atoms with Gasteiger partial charge >= 0.3 is 0 Å². The molecule has 5 nitrogen and oxygen atoms in total. The van der Waals surface area contributed by atoms with E-state index in [1.165, 1.54) is 20.0 Å². The Kier molecular flexibility index (Phi) is 5.83. The van der Waals surface area contributed by atoms with Crippen LogP contribution in [0.4, 0.5) is 0 Å². The quantitative estimate of drug-likeness (QED) is 0.803. The van der Waals surface area contributed by atoms with Crippen molar-refractivity contribution < 1.29 is 13.2 Å². The van der Waals surface area contributed by atoms with Gasteiger partial charge in [-0.25, -0.2) is 8.42 Å². The van der Waals surface area contributed by atoms with Gasteiger partial charge in [-0.1, -0.05) is 19.4 Å². The molecule has 1 aliphatic heterocycles. The Balaban J connectivity index is 2.14. The molecule has 1 saturated heterocycles. The molecule has 0 radical (unpaired) electrons. The minimum atomic E-state index is -3.49. The van der Waals surface area contributed by atoms with Gasteiger partial charge in [0.05, 0.1) is 7.11 Å². The van der Waals surface area contributed by atoms with E-state index < -0.39 is 10.0 Å². The first-order valence-corrected chi connectivity index (χ1v) is 9.30. The number of methoxy groups -OCH3 is 1. The normalized spacial score (nSPS) is 17.6. The Bertz CT molecular complexity index is 593. The molecule has 0 amide bonds. The minimum Gasteiger partial charge on any atom is -0.495 e. The van der Waals surface area contributed by atoms with Crippen LogP contribution in [0.1, 0.15) is 25.3 Å². The topological polar surface area (TPSA) is 49.9 Å². The Morgan fingerprint density at radius 1 is 1.18 bits per heavy atom. The van der Waals surface area contributed by atoms with Crippen molar-refractivity contribution >= 4 is 10.0 Å². The predicted octanol–water partition coefficient (Wildman–Crippen LogP) is 2.11. The lowest BCUT2D eigenvalue weighted by atomic mass is 10.2. The van der Waals surface area contributed by atoms with E-state index in [0.29, 0.717) is 18.8 Å². The summed E-state index contributed by atoms with van der Waals surface area (Å²) in [6, 6.07) is 5.28. The van der Waals surface area contributed by atoms with Crippen LogP contribution in [0.3, 0.4) is 0 Å². The van der Waals surface area contributed by atoms with E-state index in [1.54, 1.807) is 16.4 Å². The van der Waals surface area contributed by atoms with E-state index in [-0.39, 0.29) is 4.90 Å². The molecule has 0 unspecified atom stereocenters. The highest BCUT2D eigenvalue weighted by atomic mass is 32.2. The van der Waals surface area contributed by atoms with Crippen LogP contribution in [0.15, 0.2) is 23.1 Å². The molecule has 1 aromatic rings. The van der Waals surface area contributed by atoms with Gasteiger partial charge in [0.15, 0.2) is 0 Å². The molecule has 0 saturated carbocycles. The maximum atomic E-state index is 12.9. The van der Waals surface area contributed by atoms with E-state index in [9.17, 15) is 8.42 Å². The van der Waals surface area contributed by atoms with Crippen LogP contribution in [0.25, 0.3) is 0 Å². The average Bonchev–Trinajstić information content (AvgIpc) is 2.53. The minimum absolute atomic E-state index is 0.275. The number of hydrogen-bond acceptors (Lipinski definition) is 4. The van der Waals surface area contributed by atoms with E-state index in [0.717, 1.165) is 25.2 Å². The van der Waals surface area contributed by atoms with Crippen molar-refractivity contribution in [2.24, 2.45) is 0 Å². The van der Waals surface area contributed by atoms with Crippen LogP contribution in [-0.2, 0) is 10.0 Å². The van der Waals surface area contributed by atoms with Gasteiger partial charge in [0.2, 0.25) is 10.0 Å². The molecule has 22 heavy (non-hydrogen) atoms. The Hall–Kier alpha value is -1.11. The van der Waals surface area contributed by atoms with Gasteiger partial charge in [-0.3, -0.25) is 0 Å². The van der Waals surface area contributed by atoms with Crippen LogP contribution in [0.2, 0.25) is 0 Å². The van der Waals surface area contributed by atoms with Gasteiger partial charge < -0.3 is 9.64 Å². The monoisotopic (exact) mass is 326 g/mol. The Labute approximate surface area is 133 Å². The molecule has 1 fully saturated rings. The van der Waals surface area contributed by atoms with Crippen LogP contribution < -0.4 is 4.74 Å². The van der Waals surface area contributed by atoms with E-state index >= 15 is 0 Å². The highest BCUT2D eigenvalue weighted by molar-refractivity contribution is 7.89. The molecule has 0 bridgehead atoms. The fraction of sp³-hybridized carbons (Fsp3) is 0.625. The first-order valence-electron chi connectivity index (χ1n) is 7.86. The largest absolute Gasteiger partial charge is 0.495 e. The second-order valence-electron chi connectivity index (χ2n) is 5.75. The van der Waals surface area contributed by atoms with Crippen molar-refractivity contribution in [3.8, 4) is 5.75 Å². The summed E-state index contributed by atoms with van der Waals surface area (Å²) in [7, 11) is -1.98. The van der Waals surface area contributed by atoms with Crippen molar-refractivity contribution in [1.82, 2.24) is 9.21 Å². The number of aryl methyl sites for hydroxylation is 1. The molecule has 1 heterocycles. The molecule has 0 aromatic heterocycles. The van der Waals surface area contributed by atoms with Crippen molar-refractivity contribution in [3.63, 3.8) is 0 Å².